The monoisotopic (exact) mass is 299 g/mol. The molecular weight excluding hydrogens is 282 g/mol. The average Bonchev–Trinajstić information content (AvgIpc) is 2.33. The summed E-state index contributed by atoms with van der Waals surface area (Å²) in [6.07, 6.45) is 5.68. The number of rotatable bonds is 6. The zero-order valence-electron chi connectivity index (χ0n) is 10.9. The maximum Gasteiger partial charge on any atom is 0.323 e. The van der Waals surface area contributed by atoms with Gasteiger partial charge in [-0.25, -0.2) is 0 Å². The lowest BCUT2D eigenvalue weighted by atomic mass is 9.83. The van der Waals surface area contributed by atoms with E-state index in [0.29, 0.717) is 5.02 Å². The van der Waals surface area contributed by atoms with Crippen LogP contribution < -0.4 is 4.90 Å². The summed E-state index contributed by atoms with van der Waals surface area (Å²) in [4.78, 5) is 13.0. The lowest BCUT2D eigenvalue weighted by Crippen LogP contribution is -2.47. The van der Waals surface area contributed by atoms with Crippen molar-refractivity contribution < 1.29 is 9.90 Å². The number of carboxylic acids is 1. The second kappa shape index (κ2) is 6.06. The van der Waals surface area contributed by atoms with Crippen molar-refractivity contribution in [2.24, 2.45) is 0 Å². The highest BCUT2D eigenvalue weighted by Crippen LogP contribution is 2.43. The fourth-order valence-electron chi connectivity index (χ4n) is 2.40. The molecule has 0 bridgehead atoms. The molecule has 0 aromatic heterocycles. The van der Waals surface area contributed by atoms with Crippen LogP contribution in [0.3, 0.4) is 0 Å². The molecular formula is C14H18ClNO2S. The molecule has 0 unspecified atom stereocenters. The van der Waals surface area contributed by atoms with E-state index in [1.165, 1.54) is 6.42 Å². The minimum Gasteiger partial charge on any atom is -0.480 e. The van der Waals surface area contributed by atoms with Crippen LogP contribution >= 0.6 is 23.4 Å². The second-order valence-electron chi connectivity index (χ2n) is 4.97. The Labute approximate surface area is 122 Å². The van der Waals surface area contributed by atoms with Crippen molar-refractivity contribution in [3.63, 3.8) is 0 Å². The normalized spacial score (nSPS) is 16.7. The van der Waals surface area contributed by atoms with Crippen LogP contribution in [0.25, 0.3) is 0 Å². The summed E-state index contributed by atoms with van der Waals surface area (Å²) < 4.78 is 0.217. The Kier molecular flexibility index (Phi) is 4.63. The summed E-state index contributed by atoms with van der Waals surface area (Å²) in [5, 5.41) is 9.75. The molecule has 2 rings (SSSR count). The topological polar surface area (TPSA) is 40.5 Å². The third kappa shape index (κ3) is 3.57. The number of carboxylic acid groups (broad SMARTS) is 1. The Balaban J connectivity index is 2.15. The van der Waals surface area contributed by atoms with Gasteiger partial charge in [0.25, 0.3) is 0 Å². The molecule has 1 aliphatic carbocycles. The Morgan fingerprint density at radius 2 is 2.05 bits per heavy atom. The van der Waals surface area contributed by atoms with Crippen LogP contribution in [0.5, 0.6) is 0 Å². The van der Waals surface area contributed by atoms with Crippen molar-refractivity contribution in [1.82, 2.24) is 0 Å². The van der Waals surface area contributed by atoms with Crippen molar-refractivity contribution in [3.05, 3.63) is 29.3 Å². The highest BCUT2D eigenvalue weighted by atomic mass is 35.5. The van der Waals surface area contributed by atoms with Gasteiger partial charge in [0.1, 0.15) is 6.54 Å². The summed E-state index contributed by atoms with van der Waals surface area (Å²) in [6, 6.07) is 7.38. The van der Waals surface area contributed by atoms with Gasteiger partial charge in [-0.3, -0.25) is 4.79 Å². The van der Waals surface area contributed by atoms with E-state index >= 15 is 0 Å². The maximum atomic E-state index is 11.1. The van der Waals surface area contributed by atoms with Crippen molar-refractivity contribution in [3.8, 4) is 0 Å². The van der Waals surface area contributed by atoms with E-state index < -0.39 is 5.97 Å². The van der Waals surface area contributed by atoms with Crippen LogP contribution in [0.2, 0.25) is 5.02 Å². The molecule has 0 aliphatic heterocycles. The van der Waals surface area contributed by atoms with E-state index in [4.69, 9.17) is 16.7 Å². The quantitative estimate of drug-likeness (QED) is 0.872. The molecule has 1 aromatic carbocycles. The average molecular weight is 300 g/mol. The highest BCUT2D eigenvalue weighted by molar-refractivity contribution is 8.00. The third-order valence-electron chi connectivity index (χ3n) is 3.69. The Hall–Kier alpha value is -0.870. The molecule has 1 aliphatic rings. The molecule has 0 atom stereocenters. The van der Waals surface area contributed by atoms with Gasteiger partial charge in [0.2, 0.25) is 0 Å². The van der Waals surface area contributed by atoms with Crippen molar-refractivity contribution in [1.29, 1.82) is 0 Å². The van der Waals surface area contributed by atoms with E-state index in [9.17, 15) is 4.79 Å². The minimum atomic E-state index is -0.800. The fourth-order valence-corrected chi connectivity index (χ4v) is 3.51. The summed E-state index contributed by atoms with van der Waals surface area (Å²) in [6.45, 7) is 0.812. The van der Waals surface area contributed by atoms with Gasteiger partial charge in [0.05, 0.1) is 0 Å². The first kappa shape index (κ1) is 14.5. The molecule has 19 heavy (non-hydrogen) atoms. The second-order valence-corrected chi connectivity index (χ2v) is 6.68. The molecule has 0 saturated heterocycles. The lowest BCUT2D eigenvalue weighted by molar-refractivity contribution is -0.135. The molecule has 1 fully saturated rings. The van der Waals surface area contributed by atoms with Crippen molar-refractivity contribution in [2.45, 2.75) is 24.0 Å². The Morgan fingerprint density at radius 3 is 2.47 bits per heavy atom. The maximum absolute atomic E-state index is 11.1. The van der Waals surface area contributed by atoms with Crippen molar-refractivity contribution >= 4 is 35.0 Å². The van der Waals surface area contributed by atoms with Crippen LogP contribution in [-0.2, 0) is 4.79 Å². The molecule has 1 N–H and O–H groups in total. The molecule has 3 nitrogen and oxygen atoms in total. The first-order valence-corrected chi connectivity index (χ1v) is 7.92. The summed E-state index contributed by atoms with van der Waals surface area (Å²) in [5.41, 5.74) is 0.923. The van der Waals surface area contributed by atoms with E-state index in [1.807, 2.05) is 28.8 Å². The zero-order chi connectivity index (χ0) is 13.9. The molecule has 0 spiro atoms. The van der Waals surface area contributed by atoms with Gasteiger partial charge in [-0.15, -0.1) is 0 Å². The SMILES string of the molecule is CSC1(CN(CC(=O)O)c2ccc(Cl)cc2)CCC1. The molecule has 5 heteroatoms. The lowest BCUT2D eigenvalue weighted by Gasteiger charge is -2.44. The first-order chi connectivity index (χ1) is 9.04. The smallest absolute Gasteiger partial charge is 0.323 e. The molecule has 1 saturated carbocycles. The zero-order valence-corrected chi connectivity index (χ0v) is 12.5. The summed E-state index contributed by atoms with van der Waals surface area (Å²) in [7, 11) is 0. The van der Waals surface area contributed by atoms with E-state index in [1.54, 1.807) is 12.1 Å². The van der Waals surface area contributed by atoms with Crippen LogP contribution in [0, 0.1) is 0 Å². The minimum absolute atomic E-state index is 0.0317. The first-order valence-electron chi connectivity index (χ1n) is 6.32. The van der Waals surface area contributed by atoms with Crippen LogP contribution in [0.4, 0.5) is 5.69 Å². The number of anilines is 1. The predicted molar refractivity (Wildman–Crippen MR) is 81.4 cm³/mol. The number of nitrogens with zero attached hydrogens (tertiary/aromatic N) is 1. The number of thioether (sulfide) groups is 1. The van der Waals surface area contributed by atoms with Gasteiger partial charge >= 0.3 is 5.97 Å². The summed E-state index contributed by atoms with van der Waals surface area (Å²) >= 11 is 7.73. The molecule has 104 valence electrons. The molecule has 1 aromatic rings. The van der Waals surface area contributed by atoms with Crippen LogP contribution in [-0.4, -0.2) is 35.2 Å². The number of carbonyl (C=O) groups is 1. The van der Waals surface area contributed by atoms with E-state index in [0.717, 1.165) is 25.1 Å². The molecule has 0 amide bonds. The molecule has 0 radical (unpaired) electrons. The Morgan fingerprint density at radius 1 is 1.42 bits per heavy atom. The standard InChI is InChI=1S/C14H18ClNO2S/c1-19-14(7-2-8-14)10-16(9-13(17)18)12-5-3-11(15)4-6-12/h3-6H,2,7-10H2,1H3,(H,17,18). The van der Waals surface area contributed by atoms with Crippen LogP contribution in [0.15, 0.2) is 24.3 Å². The fraction of sp³-hybridized carbons (Fsp3) is 0.500. The van der Waals surface area contributed by atoms with E-state index in [2.05, 4.69) is 6.26 Å². The van der Waals surface area contributed by atoms with Crippen molar-refractivity contribution in [2.75, 3.05) is 24.2 Å². The van der Waals surface area contributed by atoms with Gasteiger partial charge < -0.3 is 10.0 Å². The highest BCUT2D eigenvalue weighted by Gasteiger charge is 2.38. The third-order valence-corrected chi connectivity index (χ3v) is 5.35. The summed E-state index contributed by atoms with van der Waals surface area (Å²) in [5.74, 6) is -0.800. The number of benzene rings is 1. The predicted octanol–water partition coefficient (Wildman–Crippen LogP) is 3.52. The number of halogens is 1. The van der Waals surface area contributed by atoms with Crippen LogP contribution in [0.1, 0.15) is 19.3 Å². The van der Waals surface area contributed by atoms with Gasteiger partial charge in [-0.1, -0.05) is 18.0 Å². The molecule has 0 heterocycles. The van der Waals surface area contributed by atoms with Gasteiger partial charge in [0.15, 0.2) is 0 Å². The number of hydrogen-bond acceptors (Lipinski definition) is 3. The largest absolute Gasteiger partial charge is 0.480 e. The van der Waals surface area contributed by atoms with Gasteiger partial charge in [0, 0.05) is 22.0 Å². The number of aliphatic carboxylic acids is 1. The number of hydrogen-bond donors (Lipinski definition) is 1. The van der Waals surface area contributed by atoms with Gasteiger partial charge in [-0.05, 0) is 43.4 Å². The van der Waals surface area contributed by atoms with Gasteiger partial charge in [-0.2, -0.15) is 11.8 Å². The van der Waals surface area contributed by atoms with E-state index in [-0.39, 0.29) is 11.3 Å². The Bertz CT molecular complexity index is 440.